The molecule has 0 saturated heterocycles. The maximum atomic E-state index is 12.3. The molecule has 2 aromatic rings. The summed E-state index contributed by atoms with van der Waals surface area (Å²) in [7, 11) is 1.57. The Morgan fingerprint density at radius 2 is 2.29 bits per heavy atom. The van der Waals surface area contributed by atoms with E-state index in [-0.39, 0.29) is 11.9 Å². The SMILES string of the molecule is CCCOc1c(Cl)cc(/C=C/C(=O)NC2CCc3nc(C)cn3C2)cc1OC. The lowest BCUT2D eigenvalue weighted by Crippen LogP contribution is -2.40. The molecule has 1 N–H and O–H groups in total. The third-order valence-electron chi connectivity index (χ3n) is 4.59. The van der Waals surface area contributed by atoms with Crippen LogP contribution in [0.2, 0.25) is 5.02 Å². The molecule has 1 unspecified atom stereocenters. The first-order valence-electron chi connectivity index (χ1n) is 9.51. The summed E-state index contributed by atoms with van der Waals surface area (Å²) in [6, 6.07) is 3.67. The average Bonchev–Trinajstić information content (AvgIpc) is 3.04. The number of hydrogen-bond donors (Lipinski definition) is 1. The molecule has 150 valence electrons. The van der Waals surface area contributed by atoms with E-state index in [4.69, 9.17) is 21.1 Å². The fraction of sp³-hybridized carbons (Fsp3) is 0.429. The number of fused-ring (bicyclic) bond motifs is 1. The Kier molecular flexibility index (Phi) is 6.62. The van der Waals surface area contributed by atoms with Crippen molar-refractivity contribution in [2.24, 2.45) is 0 Å². The first-order chi connectivity index (χ1) is 13.5. The Morgan fingerprint density at radius 1 is 1.46 bits per heavy atom. The molecule has 28 heavy (non-hydrogen) atoms. The summed E-state index contributed by atoms with van der Waals surface area (Å²) < 4.78 is 13.1. The van der Waals surface area contributed by atoms with Gasteiger partial charge in [0.15, 0.2) is 11.5 Å². The first kappa shape index (κ1) is 20.3. The van der Waals surface area contributed by atoms with Crippen molar-refractivity contribution in [1.82, 2.24) is 14.9 Å². The lowest BCUT2D eigenvalue weighted by molar-refractivity contribution is -0.117. The number of hydrogen-bond acceptors (Lipinski definition) is 4. The molecule has 0 spiro atoms. The van der Waals surface area contributed by atoms with Crippen molar-refractivity contribution in [3.63, 3.8) is 0 Å². The van der Waals surface area contributed by atoms with Crippen molar-refractivity contribution in [3.05, 3.63) is 46.5 Å². The molecule has 6 nitrogen and oxygen atoms in total. The maximum absolute atomic E-state index is 12.3. The van der Waals surface area contributed by atoms with E-state index >= 15 is 0 Å². The van der Waals surface area contributed by atoms with Crippen molar-refractivity contribution in [2.75, 3.05) is 13.7 Å². The molecule has 1 aliphatic heterocycles. The molecule has 2 heterocycles. The standard InChI is InChI=1S/C21H26ClN3O3/c1-4-9-28-21-17(22)10-15(11-18(21)27-3)5-8-20(26)24-16-6-7-19-23-14(2)12-25(19)13-16/h5,8,10-12,16H,4,6-7,9,13H2,1-3H3,(H,24,26)/b8-5+. The van der Waals surface area contributed by atoms with Crippen LogP contribution in [0.3, 0.4) is 0 Å². The second-order valence-corrected chi connectivity index (χ2v) is 7.32. The molecular formula is C21H26ClN3O3. The number of amides is 1. The van der Waals surface area contributed by atoms with E-state index in [1.165, 1.54) is 6.08 Å². The lowest BCUT2D eigenvalue weighted by atomic mass is 10.1. The predicted octanol–water partition coefficient (Wildman–Crippen LogP) is 3.79. The quantitative estimate of drug-likeness (QED) is 0.714. The summed E-state index contributed by atoms with van der Waals surface area (Å²) in [6.07, 6.45) is 7.91. The van der Waals surface area contributed by atoms with Gasteiger partial charge >= 0.3 is 0 Å². The molecule has 1 aromatic carbocycles. The number of aromatic nitrogens is 2. The van der Waals surface area contributed by atoms with Crippen molar-refractivity contribution >= 4 is 23.6 Å². The van der Waals surface area contributed by atoms with E-state index in [0.717, 1.165) is 42.9 Å². The number of aryl methyl sites for hydroxylation is 2. The molecule has 7 heteroatoms. The summed E-state index contributed by atoms with van der Waals surface area (Å²) in [5, 5.41) is 3.52. The molecule has 0 radical (unpaired) electrons. The third-order valence-corrected chi connectivity index (χ3v) is 4.87. The van der Waals surface area contributed by atoms with E-state index < -0.39 is 0 Å². The number of carbonyl (C=O) groups excluding carboxylic acids is 1. The highest BCUT2D eigenvalue weighted by Crippen LogP contribution is 2.36. The Balaban J connectivity index is 1.63. The Hall–Kier alpha value is -2.47. The average molecular weight is 404 g/mol. The monoisotopic (exact) mass is 403 g/mol. The van der Waals surface area contributed by atoms with Crippen LogP contribution in [0.4, 0.5) is 0 Å². The number of halogens is 1. The fourth-order valence-corrected chi connectivity index (χ4v) is 3.58. The number of imidazole rings is 1. The number of benzene rings is 1. The van der Waals surface area contributed by atoms with Crippen LogP contribution >= 0.6 is 11.6 Å². The molecule has 1 aromatic heterocycles. The molecular weight excluding hydrogens is 378 g/mol. The van der Waals surface area contributed by atoms with Crippen molar-refractivity contribution in [3.8, 4) is 11.5 Å². The van der Waals surface area contributed by atoms with E-state index in [1.54, 1.807) is 19.3 Å². The topological polar surface area (TPSA) is 65.4 Å². The fourth-order valence-electron chi connectivity index (χ4n) is 3.31. The van der Waals surface area contributed by atoms with Gasteiger partial charge < -0.3 is 19.4 Å². The van der Waals surface area contributed by atoms with Gasteiger partial charge in [-0.1, -0.05) is 18.5 Å². The van der Waals surface area contributed by atoms with E-state index in [9.17, 15) is 4.79 Å². The second kappa shape index (κ2) is 9.15. The summed E-state index contributed by atoms with van der Waals surface area (Å²) in [6.45, 7) is 5.32. The van der Waals surface area contributed by atoms with Crippen molar-refractivity contribution in [1.29, 1.82) is 0 Å². The third kappa shape index (κ3) is 4.87. The largest absolute Gasteiger partial charge is 0.493 e. The number of methoxy groups -OCH3 is 1. The smallest absolute Gasteiger partial charge is 0.244 e. The lowest BCUT2D eigenvalue weighted by Gasteiger charge is -2.24. The van der Waals surface area contributed by atoms with Gasteiger partial charge in [-0.05, 0) is 43.5 Å². The zero-order chi connectivity index (χ0) is 20.1. The summed E-state index contributed by atoms with van der Waals surface area (Å²) in [5.41, 5.74) is 1.79. The first-order valence-corrected chi connectivity index (χ1v) is 9.89. The summed E-state index contributed by atoms with van der Waals surface area (Å²) >= 11 is 6.32. The zero-order valence-electron chi connectivity index (χ0n) is 16.5. The van der Waals surface area contributed by atoms with Gasteiger partial charge in [0.2, 0.25) is 5.91 Å². The van der Waals surface area contributed by atoms with E-state index in [2.05, 4.69) is 14.9 Å². The van der Waals surface area contributed by atoms with Crippen LogP contribution in [0.5, 0.6) is 11.5 Å². The molecule has 0 aliphatic carbocycles. The van der Waals surface area contributed by atoms with Gasteiger partial charge in [-0.2, -0.15) is 0 Å². The summed E-state index contributed by atoms with van der Waals surface area (Å²) in [4.78, 5) is 16.8. The highest BCUT2D eigenvalue weighted by molar-refractivity contribution is 6.32. The van der Waals surface area contributed by atoms with E-state index in [1.807, 2.05) is 26.1 Å². The van der Waals surface area contributed by atoms with Gasteiger partial charge in [0, 0.05) is 31.3 Å². The molecule has 0 fully saturated rings. The van der Waals surface area contributed by atoms with Crippen molar-refractivity contribution < 1.29 is 14.3 Å². The molecule has 1 atom stereocenters. The molecule has 0 saturated carbocycles. The number of ether oxygens (including phenoxy) is 2. The molecule has 1 aliphatic rings. The normalized spacial score (nSPS) is 16.1. The van der Waals surface area contributed by atoms with Gasteiger partial charge in [0.05, 0.1) is 24.4 Å². The highest BCUT2D eigenvalue weighted by Gasteiger charge is 2.20. The van der Waals surface area contributed by atoms with Gasteiger partial charge in [-0.25, -0.2) is 4.98 Å². The van der Waals surface area contributed by atoms with Crippen LogP contribution < -0.4 is 14.8 Å². The minimum atomic E-state index is -0.133. The number of rotatable bonds is 7. The number of nitrogens with one attached hydrogen (secondary N) is 1. The van der Waals surface area contributed by atoms with Crippen LogP contribution in [0, 0.1) is 6.92 Å². The van der Waals surface area contributed by atoms with Gasteiger partial charge in [-0.3, -0.25) is 4.79 Å². The van der Waals surface area contributed by atoms with E-state index in [0.29, 0.717) is 23.1 Å². The highest BCUT2D eigenvalue weighted by atomic mass is 35.5. The van der Waals surface area contributed by atoms with Gasteiger partial charge in [-0.15, -0.1) is 0 Å². The zero-order valence-corrected chi connectivity index (χ0v) is 17.3. The maximum Gasteiger partial charge on any atom is 0.244 e. The van der Waals surface area contributed by atoms with Crippen LogP contribution in [0.25, 0.3) is 6.08 Å². The minimum Gasteiger partial charge on any atom is -0.493 e. The molecule has 1 amide bonds. The number of nitrogens with zero attached hydrogens (tertiary/aromatic N) is 2. The minimum absolute atomic E-state index is 0.0983. The van der Waals surface area contributed by atoms with Crippen LogP contribution in [0.1, 0.15) is 36.8 Å². The Morgan fingerprint density at radius 3 is 3.04 bits per heavy atom. The summed E-state index contributed by atoms with van der Waals surface area (Å²) in [5.74, 6) is 2.04. The van der Waals surface area contributed by atoms with Gasteiger partial charge in [0.25, 0.3) is 0 Å². The number of carbonyl (C=O) groups is 1. The van der Waals surface area contributed by atoms with Crippen LogP contribution in [-0.2, 0) is 17.8 Å². The Bertz CT molecular complexity index is 876. The Labute approximate surface area is 170 Å². The van der Waals surface area contributed by atoms with Crippen molar-refractivity contribution in [2.45, 2.75) is 45.7 Å². The molecule has 0 bridgehead atoms. The van der Waals surface area contributed by atoms with Crippen LogP contribution in [0.15, 0.2) is 24.4 Å². The van der Waals surface area contributed by atoms with Crippen LogP contribution in [-0.4, -0.2) is 35.2 Å². The van der Waals surface area contributed by atoms with Gasteiger partial charge in [0.1, 0.15) is 5.82 Å². The predicted molar refractivity (Wildman–Crippen MR) is 110 cm³/mol. The second-order valence-electron chi connectivity index (χ2n) is 6.91. The molecule has 3 rings (SSSR count).